The molecule has 17 heavy (non-hydrogen) atoms. The van der Waals surface area contributed by atoms with Gasteiger partial charge >= 0.3 is 6.18 Å². The lowest BCUT2D eigenvalue weighted by Crippen LogP contribution is -2.13. The fourth-order valence-electron chi connectivity index (χ4n) is 1.21. The minimum absolute atomic E-state index is 0.625. The molecule has 8 heteroatoms. The first-order valence-electron chi connectivity index (χ1n) is 4.11. The van der Waals surface area contributed by atoms with E-state index in [-0.39, 0.29) is 0 Å². The SMILES string of the molecule is O=[N+]([O-])c1ccccc1C(=C(F)F)C(F)(F)F. The molecule has 0 aliphatic heterocycles. The quantitative estimate of drug-likeness (QED) is 0.457. The molecular formula is C9H4F5NO2. The third-order valence-corrected chi connectivity index (χ3v) is 1.84. The number of nitro groups is 1. The van der Waals surface area contributed by atoms with Gasteiger partial charge in [-0.05, 0) is 6.07 Å². The van der Waals surface area contributed by atoms with Crippen molar-refractivity contribution >= 4 is 11.3 Å². The van der Waals surface area contributed by atoms with Gasteiger partial charge in [-0.25, -0.2) is 0 Å². The van der Waals surface area contributed by atoms with Crippen LogP contribution in [0.2, 0.25) is 0 Å². The summed E-state index contributed by atoms with van der Waals surface area (Å²) in [6.07, 6.45) is -8.36. The molecule has 0 radical (unpaired) electrons. The number of hydrogen-bond acceptors (Lipinski definition) is 2. The van der Waals surface area contributed by atoms with Crippen LogP contribution in [0, 0.1) is 10.1 Å². The lowest BCUT2D eigenvalue weighted by atomic mass is 10.0. The lowest BCUT2D eigenvalue weighted by molar-refractivity contribution is -0.385. The largest absolute Gasteiger partial charge is 0.422 e. The van der Waals surface area contributed by atoms with Gasteiger partial charge in [0, 0.05) is 6.07 Å². The summed E-state index contributed by atoms with van der Waals surface area (Å²) in [5.41, 5.74) is -4.46. The van der Waals surface area contributed by atoms with Crippen molar-refractivity contribution in [3.05, 3.63) is 46.0 Å². The van der Waals surface area contributed by atoms with Crippen LogP contribution in [-0.4, -0.2) is 11.1 Å². The van der Waals surface area contributed by atoms with Gasteiger partial charge in [-0.2, -0.15) is 22.0 Å². The van der Waals surface area contributed by atoms with Crippen LogP contribution in [0.15, 0.2) is 30.3 Å². The van der Waals surface area contributed by atoms with Gasteiger partial charge in [0.1, 0.15) is 5.57 Å². The van der Waals surface area contributed by atoms with Gasteiger partial charge in [0.25, 0.3) is 11.8 Å². The van der Waals surface area contributed by atoms with E-state index in [1.165, 1.54) is 0 Å². The summed E-state index contributed by atoms with van der Waals surface area (Å²) in [7, 11) is 0. The molecule has 0 aliphatic carbocycles. The molecule has 1 rings (SSSR count). The Kier molecular flexibility index (Phi) is 3.45. The first-order chi connectivity index (χ1) is 7.75. The van der Waals surface area contributed by atoms with Gasteiger partial charge in [0.2, 0.25) is 0 Å². The van der Waals surface area contributed by atoms with Gasteiger partial charge < -0.3 is 0 Å². The highest BCUT2D eigenvalue weighted by atomic mass is 19.4. The predicted octanol–water partition coefficient (Wildman–Crippen LogP) is 3.76. The van der Waals surface area contributed by atoms with Crippen molar-refractivity contribution in [1.82, 2.24) is 0 Å². The Morgan fingerprint density at radius 1 is 1.18 bits per heavy atom. The zero-order valence-electron chi connectivity index (χ0n) is 7.96. The van der Waals surface area contributed by atoms with Crippen LogP contribution in [-0.2, 0) is 0 Å². The summed E-state index contributed by atoms with van der Waals surface area (Å²) in [6, 6.07) is 3.45. The molecule has 0 bridgehead atoms. The molecular weight excluding hydrogens is 249 g/mol. The van der Waals surface area contributed by atoms with Crippen molar-refractivity contribution in [2.24, 2.45) is 0 Å². The molecule has 0 aliphatic rings. The highest BCUT2D eigenvalue weighted by Gasteiger charge is 2.41. The van der Waals surface area contributed by atoms with Gasteiger partial charge in [0.15, 0.2) is 0 Å². The molecule has 0 saturated carbocycles. The molecule has 0 amide bonds. The summed E-state index contributed by atoms with van der Waals surface area (Å²) in [6.45, 7) is 0. The van der Waals surface area contributed by atoms with E-state index in [1.807, 2.05) is 0 Å². The first-order valence-corrected chi connectivity index (χ1v) is 4.11. The lowest BCUT2D eigenvalue weighted by Gasteiger charge is -2.10. The molecule has 0 saturated heterocycles. The Bertz CT molecular complexity index is 477. The highest BCUT2D eigenvalue weighted by molar-refractivity contribution is 5.76. The third kappa shape index (κ3) is 2.77. The van der Waals surface area contributed by atoms with E-state index in [0.717, 1.165) is 18.2 Å². The number of hydrogen-bond donors (Lipinski definition) is 0. The van der Waals surface area contributed by atoms with Crippen molar-refractivity contribution < 1.29 is 26.9 Å². The minimum Gasteiger partial charge on any atom is -0.258 e. The summed E-state index contributed by atoms with van der Waals surface area (Å²) in [5, 5.41) is 10.4. The van der Waals surface area contributed by atoms with Gasteiger partial charge in [-0.3, -0.25) is 10.1 Å². The van der Waals surface area contributed by atoms with Crippen LogP contribution in [0.25, 0.3) is 5.57 Å². The number of rotatable bonds is 2. The molecule has 0 N–H and O–H groups in total. The van der Waals surface area contributed by atoms with Crippen LogP contribution in [0.5, 0.6) is 0 Å². The molecule has 0 heterocycles. The molecule has 0 unspecified atom stereocenters. The van der Waals surface area contributed by atoms with E-state index >= 15 is 0 Å². The summed E-state index contributed by atoms with van der Waals surface area (Å²) in [5.74, 6) is 0. The van der Waals surface area contributed by atoms with Crippen LogP contribution in [0.3, 0.4) is 0 Å². The number of para-hydroxylation sites is 1. The maximum atomic E-state index is 12.3. The number of allylic oxidation sites excluding steroid dienone is 1. The van der Waals surface area contributed by atoms with Crippen molar-refractivity contribution in [2.45, 2.75) is 6.18 Å². The zero-order valence-corrected chi connectivity index (χ0v) is 7.96. The van der Waals surface area contributed by atoms with Crippen LogP contribution < -0.4 is 0 Å². The number of nitro benzene ring substituents is 1. The van der Waals surface area contributed by atoms with Gasteiger partial charge in [-0.1, -0.05) is 12.1 Å². The van der Waals surface area contributed by atoms with E-state index in [4.69, 9.17) is 0 Å². The van der Waals surface area contributed by atoms with Crippen LogP contribution in [0.1, 0.15) is 5.56 Å². The fraction of sp³-hybridized carbons (Fsp3) is 0.111. The number of nitrogens with zero attached hydrogens (tertiary/aromatic N) is 1. The standard InChI is InChI=1S/C9H4F5NO2/c10-8(11)7(9(12,13)14)5-3-1-2-4-6(5)15(16)17/h1-4H. The molecule has 0 aromatic heterocycles. The van der Waals surface area contributed by atoms with Crippen molar-refractivity contribution in [1.29, 1.82) is 0 Å². The fourth-order valence-corrected chi connectivity index (χ4v) is 1.21. The normalized spacial score (nSPS) is 11.1. The van der Waals surface area contributed by atoms with Crippen molar-refractivity contribution in [3.63, 3.8) is 0 Å². The zero-order chi connectivity index (χ0) is 13.2. The Labute approximate surface area is 91.3 Å². The van der Waals surface area contributed by atoms with Gasteiger partial charge in [0.05, 0.1) is 10.5 Å². The van der Waals surface area contributed by atoms with E-state index < -0.39 is 34.0 Å². The Balaban J connectivity index is 3.52. The molecule has 0 spiro atoms. The molecule has 0 atom stereocenters. The topological polar surface area (TPSA) is 43.1 Å². The van der Waals surface area contributed by atoms with E-state index in [2.05, 4.69) is 0 Å². The summed E-state index contributed by atoms with van der Waals surface area (Å²) < 4.78 is 61.5. The molecule has 0 fully saturated rings. The third-order valence-electron chi connectivity index (χ3n) is 1.84. The van der Waals surface area contributed by atoms with E-state index in [1.54, 1.807) is 0 Å². The number of halogens is 5. The first kappa shape index (κ1) is 13.1. The average Bonchev–Trinajstić information content (AvgIpc) is 2.15. The summed E-state index contributed by atoms with van der Waals surface area (Å²) >= 11 is 0. The second kappa shape index (κ2) is 4.48. The summed E-state index contributed by atoms with van der Waals surface area (Å²) in [4.78, 5) is 9.30. The predicted molar refractivity (Wildman–Crippen MR) is 48.3 cm³/mol. The Morgan fingerprint density at radius 3 is 2.12 bits per heavy atom. The van der Waals surface area contributed by atoms with Crippen molar-refractivity contribution in [3.8, 4) is 0 Å². The average molecular weight is 253 g/mol. The number of alkyl halides is 3. The molecule has 1 aromatic rings. The monoisotopic (exact) mass is 253 g/mol. The Morgan fingerprint density at radius 2 is 1.71 bits per heavy atom. The molecule has 3 nitrogen and oxygen atoms in total. The van der Waals surface area contributed by atoms with E-state index in [9.17, 15) is 32.1 Å². The second-order valence-electron chi connectivity index (χ2n) is 2.91. The smallest absolute Gasteiger partial charge is 0.258 e. The maximum Gasteiger partial charge on any atom is 0.422 e. The Hall–Kier alpha value is -1.99. The van der Waals surface area contributed by atoms with E-state index in [0.29, 0.717) is 6.07 Å². The van der Waals surface area contributed by atoms with Crippen LogP contribution in [0.4, 0.5) is 27.6 Å². The maximum absolute atomic E-state index is 12.3. The number of benzene rings is 1. The van der Waals surface area contributed by atoms with Crippen molar-refractivity contribution in [2.75, 3.05) is 0 Å². The molecule has 1 aromatic carbocycles. The molecule has 92 valence electrons. The highest BCUT2D eigenvalue weighted by Crippen LogP contribution is 2.40. The van der Waals surface area contributed by atoms with Crippen LogP contribution >= 0.6 is 0 Å². The van der Waals surface area contributed by atoms with Gasteiger partial charge in [-0.15, -0.1) is 0 Å². The minimum atomic E-state index is -5.36. The second-order valence-corrected chi connectivity index (χ2v) is 2.91.